The number of amides is 1. The fraction of sp³-hybridized carbons (Fsp3) is 0.455. The lowest BCUT2D eigenvalue weighted by molar-refractivity contribution is -0.125. The Morgan fingerprint density at radius 1 is 1.15 bits per heavy atom. The number of rotatable bonds is 5. The molecule has 1 amide bonds. The summed E-state index contributed by atoms with van der Waals surface area (Å²) in [6.45, 7) is 8.88. The molecule has 1 aliphatic heterocycles. The van der Waals surface area contributed by atoms with Gasteiger partial charge in [0.1, 0.15) is 5.82 Å². The van der Waals surface area contributed by atoms with Crippen LogP contribution in [0.25, 0.3) is 0 Å². The van der Waals surface area contributed by atoms with Crippen molar-refractivity contribution in [1.29, 1.82) is 0 Å². The summed E-state index contributed by atoms with van der Waals surface area (Å²) < 4.78 is 0. The Kier molecular flexibility index (Phi) is 5.60. The highest BCUT2D eigenvalue weighted by atomic mass is 16.2. The van der Waals surface area contributed by atoms with Crippen LogP contribution in [0.1, 0.15) is 44.7 Å². The van der Waals surface area contributed by atoms with Gasteiger partial charge in [-0.25, -0.2) is 4.98 Å². The van der Waals surface area contributed by atoms with Gasteiger partial charge >= 0.3 is 0 Å². The van der Waals surface area contributed by atoms with Gasteiger partial charge < -0.3 is 10.2 Å². The fourth-order valence-electron chi connectivity index (χ4n) is 3.34. The Labute approximate surface area is 156 Å². The average molecular weight is 351 g/mol. The lowest BCUT2D eigenvalue weighted by Crippen LogP contribution is -2.39. The van der Waals surface area contributed by atoms with Crippen molar-refractivity contribution in [2.45, 2.75) is 45.6 Å². The molecule has 3 rings (SSSR count). The maximum absolute atomic E-state index is 12.6. The van der Waals surface area contributed by atoms with E-state index in [0.29, 0.717) is 6.54 Å². The molecule has 1 aliphatic rings. The van der Waals surface area contributed by atoms with Gasteiger partial charge in [-0.1, -0.05) is 43.3 Å². The first kappa shape index (κ1) is 18.4. The van der Waals surface area contributed by atoms with Gasteiger partial charge in [-0.15, -0.1) is 0 Å². The van der Waals surface area contributed by atoms with E-state index in [9.17, 15) is 4.79 Å². The first-order valence-electron chi connectivity index (χ1n) is 9.50. The third-order valence-corrected chi connectivity index (χ3v) is 5.43. The van der Waals surface area contributed by atoms with Crippen LogP contribution in [-0.2, 0) is 16.8 Å². The molecule has 1 aromatic heterocycles. The number of anilines is 1. The summed E-state index contributed by atoms with van der Waals surface area (Å²) in [5.74, 6) is 1.88. The third kappa shape index (κ3) is 4.24. The van der Waals surface area contributed by atoms with E-state index >= 15 is 0 Å². The van der Waals surface area contributed by atoms with Crippen molar-refractivity contribution < 1.29 is 4.79 Å². The van der Waals surface area contributed by atoms with Gasteiger partial charge in [0.25, 0.3) is 0 Å². The zero-order chi connectivity index (χ0) is 18.6. The Hall–Kier alpha value is -2.36. The van der Waals surface area contributed by atoms with Crippen molar-refractivity contribution in [3.8, 4) is 0 Å². The van der Waals surface area contributed by atoms with Gasteiger partial charge in [0.05, 0.1) is 5.41 Å². The average Bonchev–Trinajstić information content (AvgIpc) is 2.68. The summed E-state index contributed by atoms with van der Waals surface area (Å²) in [5.41, 5.74) is 1.49. The van der Waals surface area contributed by atoms with Crippen LogP contribution >= 0.6 is 0 Å². The molecule has 1 N–H and O–H groups in total. The molecule has 0 unspecified atom stereocenters. The zero-order valence-electron chi connectivity index (χ0n) is 16.0. The van der Waals surface area contributed by atoms with E-state index in [4.69, 9.17) is 0 Å². The van der Waals surface area contributed by atoms with Crippen molar-refractivity contribution >= 4 is 11.7 Å². The van der Waals surface area contributed by atoms with Crippen LogP contribution < -0.4 is 10.2 Å². The summed E-state index contributed by atoms with van der Waals surface area (Å²) in [4.78, 5) is 19.6. The molecule has 138 valence electrons. The molecule has 1 fully saturated rings. The molecular formula is C22H29N3O. The van der Waals surface area contributed by atoms with Crippen LogP contribution in [0.15, 0.2) is 48.7 Å². The minimum Gasteiger partial charge on any atom is -0.357 e. The molecular weight excluding hydrogens is 322 g/mol. The highest BCUT2D eigenvalue weighted by Gasteiger charge is 2.29. The lowest BCUT2D eigenvalue weighted by atomic mass is 9.84. The maximum Gasteiger partial charge on any atom is 0.230 e. The first-order valence-corrected chi connectivity index (χ1v) is 9.50. The normalized spacial score (nSPS) is 15.7. The highest BCUT2D eigenvalue weighted by Crippen LogP contribution is 2.24. The topological polar surface area (TPSA) is 45.2 Å². The molecule has 2 aromatic rings. The monoisotopic (exact) mass is 351 g/mol. The quantitative estimate of drug-likeness (QED) is 0.888. The van der Waals surface area contributed by atoms with E-state index in [-0.39, 0.29) is 5.91 Å². The van der Waals surface area contributed by atoms with E-state index < -0.39 is 5.41 Å². The van der Waals surface area contributed by atoms with E-state index in [0.717, 1.165) is 36.0 Å². The second-order valence-corrected chi connectivity index (χ2v) is 7.87. The summed E-state index contributed by atoms with van der Waals surface area (Å²) >= 11 is 0. The number of nitrogens with zero attached hydrogens (tertiary/aromatic N) is 2. The minimum atomic E-state index is -0.556. The predicted octanol–water partition coefficient (Wildman–Crippen LogP) is 3.91. The number of pyridine rings is 1. The van der Waals surface area contributed by atoms with Crippen LogP contribution in [0, 0.1) is 5.92 Å². The molecule has 0 radical (unpaired) electrons. The number of benzene rings is 1. The fourth-order valence-corrected chi connectivity index (χ4v) is 3.34. The van der Waals surface area contributed by atoms with Crippen LogP contribution in [-0.4, -0.2) is 24.0 Å². The van der Waals surface area contributed by atoms with Crippen LogP contribution in [0.4, 0.5) is 5.82 Å². The van der Waals surface area contributed by atoms with Gasteiger partial charge in [0, 0.05) is 25.8 Å². The summed E-state index contributed by atoms with van der Waals surface area (Å²) in [6, 6.07) is 14.0. The summed E-state index contributed by atoms with van der Waals surface area (Å²) in [5, 5.41) is 3.05. The van der Waals surface area contributed by atoms with Crippen molar-refractivity contribution in [2.75, 3.05) is 18.0 Å². The molecule has 1 aromatic carbocycles. The van der Waals surface area contributed by atoms with Crippen LogP contribution in [0.2, 0.25) is 0 Å². The number of hydrogen-bond acceptors (Lipinski definition) is 3. The van der Waals surface area contributed by atoms with Gasteiger partial charge in [-0.3, -0.25) is 4.79 Å². The molecule has 1 saturated heterocycles. The summed E-state index contributed by atoms with van der Waals surface area (Å²) in [7, 11) is 0. The zero-order valence-corrected chi connectivity index (χ0v) is 16.0. The standard InChI is InChI=1S/C22H29N3O/c1-17-11-13-25(14-12-17)20-10-9-18(15-23-20)16-24-21(26)22(2,3)19-7-5-4-6-8-19/h4-10,15,17H,11-14,16H2,1-3H3,(H,24,26). The third-order valence-electron chi connectivity index (χ3n) is 5.43. The second kappa shape index (κ2) is 7.90. The first-order chi connectivity index (χ1) is 12.5. The van der Waals surface area contributed by atoms with Gasteiger partial charge in [-0.05, 0) is 49.8 Å². The molecule has 2 heterocycles. The van der Waals surface area contributed by atoms with Gasteiger partial charge in [-0.2, -0.15) is 0 Å². The molecule has 0 spiro atoms. The van der Waals surface area contributed by atoms with E-state index in [2.05, 4.69) is 34.3 Å². The molecule has 4 nitrogen and oxygen atoms in total. The number of nitrogens with one attached hydrogen (secondary N) is 1. The summed E-state index contributed by atoms with van der Waals surface area (Å²) in [6.07, 6.45) is 4.34. The highest BCUT2D eigenvalue weighted by molar-refractivity contribution is 5.87. The number of aromatic nitrogens is 1. The Bertz CT molecular complexity index is 717. The number of carbonyl (C=O) groups excluding carboxylic acids is 1. The van der Waals surface area contributed by atoms with Crippen LogP contribution in [0.3, 0.4) is 0 Å². The van der Waals surface area contributed by atoms with Gasteiger partial charge in [0.15, 0.2) is 0 Å². The minimum absolute atomic E-state index is 0.0257. The Morgan fingerprint density at radius 2 is 1.85 bits per heavy atom. The van der Waals surface area contributed by atoms with Gasteiger partial charge in [0.2, 0.25) is 5.91 Å². The van der Waals surface area contributed by atoms with E-state index in [1.807, 2.05) is 50.4 Å². The number of piperidine rings is 1. The number of hydrogen-bond donors (Lipinski definition) is 1. The molecule has 0 aliphatic carbocycles. The molecule has 26 heavy (non-hydrogen) atoms. The largest absolute Gasteiger partial charge is 0.357 e. The van der Waals surface area contributed by atoms with Crippen molar-refractivity contribution in [1.82, 2.24) is 10.3 Å². The Balaban J connectivity index is 1.57. The van der Waals surface area contributed by atoms with Crippen LogP contribution in [0.5, 0.6) is 0 Å². The number of carbonyl (C=O) groups is 1. The predicted molar refractivity (Wildman–Crippen MR) is 106 cm³/mol. The lowest BCUT2D eigenvalue weighted by Gasteiger charge is -2.31. The second-order valence-electron chi connectivity index (χ2n) is 7.87. The molecule has 0 bridgehead atoms. The maximum atomic E-state index is 12.6. The van der Waals surface area contributed by atoms with E-state index in [1.165, 1.54) is 12.8 Å². The molecule has 0 atom stereocenters. The molecule has 4 heteroatoms. The van der Waals surface area contributed by atoms with Crippen molar-refractivity contribution in [3.05, 3.63) is 59.8 Å². The smallest absolute Gasteiger partial charge is 0.230 e. The van der Waals surface area contributed by atoms with Crippen molar-refractivity contribution in [2.24, 2.45) is 5.92 Å². The molecule has 0 saturated carbocycles. The SMILES string of the molecule is CC1CCN(c2ccc(CNC(=O)C(C)(C)c3ccccc3)cn2)CC1. The van der Waals surface area contributed by atoms with E-state index in [1.54, 1.807) is 0 Å². The van der Waals surface area contributed by atoms with Crippen molar-refractivity contribution in [3.63, 3.8) is 0 Å². The Morgan fingerprint density at radius 3 is 2.46 bits per heavy atom.